The van der Waals surface area contributed by atoms with Gasteiger partial charge in [-0.05, 0) is 19.8 Å². The molecule has 1 rings (SSSR count). The Morgan fingerprint density at radius 3 is 2.73 bits per heavy atom. The lowest BCUT2D eigenvalue weighted by Crippen LogP contribution is -2.27. The summed E-state index contributed by atoms with van der Waals surface area (Å²) in [4.78, 5) is 11.7. The Hall–Kier alpha value is -1.32. The standard InChI is InChI=1S/C11H19N3O/c1-5-14-7-10(9(4)13-14)11(15)12-6-8(2)3/h7-8H,5-6H2,1-4H3,(H,12,15). The fourth-order valence-electron chi connectivity index (χ4n) is 1.29. The molecule has 1 amide bonds. The Labute approximate surface area is 90.7 Å². The molecule has 0 aliphatic carbocycles. The van der Waals surface area contributed by atoms with Gasteiger partial charge in [0.1, 0.15) is 0 Å². The lowest BCUT2D eigenvalue weighted by Gasteiger charge is -2.06. The maximum Gasteiger partial charge on any atom is 0.254 e. The van der Waals surface area contributed by atoms with Crippen LogP contribution in [0.2, 0.25) is 0 Å². The van der Waals surface area contributed by atoms with Crippen LogP contribution in [0.3, 0.4) is 0 Å². The normalized spacial score (nSPS) is 10.7. The van der Waals surface area contributed by atoms with Crippen molar-refractivity contribution in [3.63, 3.8) is 0 Å². The van der Waals surface area contributed by atoms with Gasteiger partial charge >= 0.3 is 0 Å². The quantitative estimate of drug-likeness (QED) is 0.818. The van der Waals surface area contributed by atoms with E-state index in [4.69, 9.17) is 0 Å². The highest BCUT2D eigenvalue weighted by atomic mass is 16.1. The fraction of sp³-hybridized carbons (Fsp3) is 0.636. The van der Waals surface area contributed by atoms with E-state index in [2.05, 4.69) is 24.3 Å². The number of amides is 1. The molecule has 0 radical (unpaired) electrons. The molecule has 0 spiro atoms. The second kappa shape index (κ2) is 4.96. The maximum atomic E-state index is 11.7. The monoisotopic (exact) mass is 209 g/mol. The zero-order valence-electron chi connectivity index (χ0n) is 9.87. The molecule has 0 saturated heterocycles. The van der Waals surface area contributed by atoms with E-state index in [-0.39, 0.29) is 5.91 Å². The van der Waals surface area contributed by atoms with E-state index in [1.807, 2.05) is 13.8 Å². The zero-order chi connectivity index (χ0) is 11.4. The van der Waals surface area contributed by atoms with Gasteiger partial charge in [0, 0.05) is 19.3 Å². The van der Waals surface area contributed by atoms with Crippen LogP contribution >= 0.6 is 0 Å². The number of hydrogen-bond acceptors (Lipinski definition) is 2. The van der Waals surface area contributed by atoms with Crippen LogP contribution in [0.25, 0.3) is 0 Å². The summed E-state index contributed by atoms with van der Waals surface area (Å²) in [6.07, 6.45) is 1.80. The van der Waals surface area contributed by atoms with E-state index in [9.17, 15) is 4.79 Å². The number of carbonyl (C=O) groups excluding carboxylic acids is 1. The summed E-state index contributed by atoms with van der Waals surface area (Å²) in [6.45, 7) is 9.50. The van der Waals surface area contributed by atoms with Crippen molar-refractivity contribution in [1.29, 1.82) is 0 Å². The maximum absolute atomic E-state index is 11.7. The molecule has 15 heavy (non-hydrogen) atoms. The molecule has 0 fully saturated rings. The van der Waals surface area contributed by atoms with Crippen LogP contribution in [0.4, 0.5) is 0 Å². The van der Waals surface area contributed by atoms with E-state index in [1.165, 1.54) is 0 Å². The summed E-state index contributed by atoms with van der Waals surface area (Å²) in [7, 11) is 0. The van der Waals surface area contributed by atoms with Gasteiger partial charge in [0.15, 0.2) is 0 Å². The Balaban J connectivity index is 2.68. The van der Waals surface area contributed by atoms with E-state index < -0.39 is 0 Å². The van der Waals surface area contributed by atoms with Gasteiger partial charge in [0.25, 0.3) is 5.91 Å². The summed E-state index contributed by atoms with van der Waals surface area (Å²) in [5, 5.41) is 7.12. The molecule has 0 aliphatic heterocycles. The molecule has 1 aromatic rings. The summed E-state index contributed by atoms with van der Waals surface area (Å²) in [6, 6.07) is 0. The molecule has 1 aromatic heterocycles. The Kier molecular flexibility index (Phi) is 3.88. The van der Waals surface area contributed by atoms with Crippen LogP contribution in [-0.4, -0.2) is 22.2 Å². The van der Waals surface area contributed by atoms with Crippen LogP contribution in [0.5, 0.6) is 0 Å². The molecule has 0 aliphatic rings. The third-order valence-corrected chi connectivity index (χ3v) is 2.19. The average molecular weight is 209 g/mol. The van der Waals surface area contributed by atoms with Gasteiger partial charge in [-0.2, -0.15) is 5.10 Å². The van der Waals surface area contributed by atoms with Crippen molar-refractivity contribution < 1.29 is 4.79 Å². The van der Waals surface area contributed by atoms with Gasteiger partial charge in [0.2, 0.25) is 0 Å². The molecule has 0 aromatic carbocycles. The largest absolute Gasteiger partial charge is 0.352 e. The summed E-state index contributed by atoms with van der Waals surface area (Å²) >= 11 is 0. The molecule has 1 N–H and O–H groups in total. The van der Waals surface area contributed by atoms with E-state index >= 15 is 0 Å². The summed E-state index contributed by atoms with van der Waals surface area (Å²) in [5.41, 5.74) is 1.47. The minimum Gasteiger partial charge on any atom is -0.352 e. The van der Waals surface area contributed by atoms with Gasteiger partial charge in [-0.1, -0.05) is 13.8 Å². The number of nitrogens with one attached hydrogen (secondary N) is 1. The molecule has 0 atom stereocenters. The zero-order valence-corrected chi connectivity index (χ0v) is 9.87. The first-order chi connectivity index (χ1) is 7.04. The highest BCUT2D eigenvalue weighted by molar-refractivity contribution is 5.94. The molecule has 0 bridgehead atoms. The Morgan fingerprint density at radius 2 is 2.27 bits per heavy atom. The lowest BCUT2D eigenvalue weighted by molar-refractivity contribution is 0.0948. The van der Waals surface area contributed by atoms with E-state index in [0.29, 0.717) is 18.0 Å². The fourth-order valence-corrected chi connectivity index (χ4v) is 1.29. The van der Waals surface area contributed by atoms with Crippen LogP contribution < -0.4 is 5.32 Å². The topological polar surface area (TPSA) is 46.9 Å². The second-order valence-electron chi connectivity index (χ2n) is 4.09. The lowest BCUT2D eigenvalue weighted by atomic mass is 10.2. The van der Waals surface area contributed by atoms with Crippen molar-refractivity contribution in [2.75, 3.05) is 6.54 Å². The summed E-state index contributed by atoms with van der Waals surface area (Å²) in [5.74, 6) is 0.441. The smallest absolute Gasteiger partial charge is 0.254 e. The Morgan fingerprint density at radius 1 is 1.60 bits per heavy atom. The SMILES string of the molecule is CCn1cc(C(=O)NCC(C)C)c(C)n1. The highest BCUT2D eigenvalue weighted by Gasteiger charge is 2.12. The van der Waals surface area contributed by atoms with Crippen molar-refractivity contribution in [3.05, 3.63) is 17.5 Å². The van der Waals surface area contributed by atoms with Gasteiger partial charge in [-0.25, -0.2) is 0 Å². The van der Waals surface area contributed by atoms with Crippen molar-refractivity contribution in [3.8, 4) is 0 Å². The number of hydrogen-bond donors (Lipinski definition) is 1. The first-order valence-corrected chi connectivity index (χ1v) is 5.36. The molecule has 1 heterocycles. The van der Waals surface area contributed by atoms with Crippen LogP contribution in [0, 0.1) is 12.8 Å². The first-order valence-electron chi connectivity index (χ1n) is 5.36. The van der Waals surface area contributed by atoms with Gasteiger partial charge in [-0.15, -0.1) is 0 Å². The van der Waals surface area contributed by atoms with Crippen molar-refractivity contribution >= 4 is 5.91 Å². The first kappa shape index (κ1) is 11.8. The molecule has 4 heteroatoms. The molecule has 0 saturated carbocycles. The van der Waals surface area contributed by atoms with Crippen molar-refractivity contribution in [2.24, 2.45) is 5.92 Å². The van der Waals surface area contributed by atoms with E-state index in [0.717, 1.165) is 12.2 Å². The van der Waals surface area contributed by atoms with Crippen molar-refractivity contribution in [1.82, 2.24) is 15.1 Å². The van der Waals surface area contributed by atoms with E-state index in [1.54, 1.807) is 10.9 Å². The Bertz CT molecular complexity index is 342. The molecular formula is C11H19N3O. The third-order valence-electron chi connectivity index (χ3n) is 2.19. The average Bonchev–Trinajstić information content (AvgIpc) is 2.56. The van der Waals surface area contributed by atoms with Gasteiger partial charge in [-0.3, -0.25) is 9.48 Å². The third kappa shape index (κ3) is 3.08. The molecule has 0 unspecified atom stereocenters. The number of nitrogens with zero attached hydrogens (tertiary/aromatic N) is 2. The number of aromatic nitrogens is 2. The highest BCUT2D eigenvalue weighted by Crippen LogP contribution is 2.05. The second-order valence-corrected chi connectivity index (χ2v) is 4.09. The van der Waals surface area contributed by atoms with Gasteiger partial charge < -0.3 is 5.32 Å². The number of carbonyl (C=O) groups is 1. The number of rotatable bonds is 4. The minimum atomic E-state index is -0.0269. The van der Waals surface area contributed by atoms with Crippen LogP contribution in [0.1, 0.15) is 36.8 Å². The molecular weight excluding hydrogens is 190 g/mol. The predicted molar refractivity (Wildman–Crippen MR) is 59.8 cm³/mol. The van der Waals surface area contributed by atoms with Gasteiger partial charge in [0.05, 0.1) is 11.3 Å². The minimum absolute atomic E-state index is 0.0269. The summed E-state index contributed by atoms with van der Waals surface area (Å²) < 4.78 is 1.78. The van der Waals surface area contributed by atoms with Crippen LogP contribution in [0.15, 0.2) is 6.20 Å². The van der Waals surface area contributed by atoms with Crippen LogP contribution in [-0.2, 0) is 6.54 Å². The van der Waals surface area contributed by atoms with Crippen molar-refractivity contribution in [2.45, 2.75) is 34.2 Å². The molecule has 84 valence electrons. The molecule has 4 nitrogen and oxygen atoms in total. The predicted octanol–water partition coefficient (Wildman–Crippen LogP) is 1.60. The number of aryl methyl sites for hydroxylation is 2.